The summed E-state index contributed by atoms with van der Waals surface area (Å²) < 4.78 is 66.4. The van der Waals surface area contributed by atoms with Gasteiger partial charge in [-0.1, -0.05) is 45.4 Å². The number of carbonyl (C=O) groups excluding carboxylic acids is 1. The van der Waals surface area contributed by atoms with Gasteiger partial charge in [0.15, 0.2) is 23.3 Å². The van der Waals surface area contributed by atoms with E-state index >= 15 is 0 Å². The van der Waals surface area contributed by atoms with Gasteiger partial charge in [-0.15, -0.1) is 0 Å². The van der Waals surface area contributed by atoms with E-state index in [-0.39, 0.29) is 19.4 Å². The molecule has 0 bridgehead atoms. The number of unbranched alkanes of at least 4 members (excludes halogenated alkanes) is 5. The quantitative estimate of drug-likeness (QED) is 0.101. The Morgan fingerprint density at radius 2 is 1.29 bits per heavy atom. The smallest absolute Gasteiger partial charge is 0.319 e. The van der Waals surface area contributed by atoms with Crippen molar-refractivity contribution >= 4 is 11.7 Å². The molecule has 0 spiro atoms. The van der Waals surface area contributed by atoms with Crippen LogP contribution in [0.1, 0.15) is 64.7 Å². The Labute approximate surface area is 177 Å². The highest BCUT2D eigenvalue weighted by Crippen LogP contribution is 2.27. The average molecular weight is 456 g/mol. The van der Waals surface area contributed by atoms with E-state index in [4.69, 9.17) is 0 Å². The van der Waals surface area contributed by atoms with E-state index in [9.17, 15) is 42.1 Å². The van der Waals surface area contributed by atoms with Gasteiger partial charge in [0, 0.05) is 12.5 Å². The SMILES string of the molecule is CCCCCCCCC(CCCNC(=O)Nc1c(F)c(F)c(F)c(F)c1F)C(O)(O)O. The number of hydrogen-bond donors (Lipinski definition) is 5. The molecule has 1 atom stereocenters. The molecule has 11 heteroatoms. The third kappa shape index (κ3) is 8.58. The minimum atomic E-state index is -2.89. The number of rotatable bonds is 13. The Kier molecular flexibility index (Phi) is 11.1. The third-order valence-corrected chi connectivity index (χ3v) is 4.92. The van der Waals surface area contributed by atoms with Crippen molar-refractivity contribution in [2.24, 2.45) is 5.92 Å². The summed E-state index contributed by atoms with van der Waals surface area (Å²) in [5.74, 6) is -14.8. The van der Waals surface area contributed by atoms with Gasteiger partial charge < -0.3 is 26.0 Å². The fourth-order valence-electron chi connectivity index (χ4n) is 3.13. The van der Waals surface area contributed by atoms with Gasteiger partial charge in [0.1, 0.15) is 5.69 Å². The number of hydrogen-bond acceptors (Lipinski definition) is 4. The molecule has 5 N–H and O–H groups in total. The van der Waals surface area contributed by atoms with Crippen molar-refractivity contribution in [3.05, 3.63) is 29.1 Å². The van der Waals surface area contributed by atoms with Crippen LogP contribution in [0.15, 0.2) is 0 Å². The van der Waals surface area contributed by atoms with Crippen molar-refractivity contribution < 1.29 is 42.1 Å². The first-order valence-electron chi connectivity index (χ1n) is 10.2. The van der Waals surface area contributed by atoms with Crippen molar-refractivity contribution in [3.8, 4) is 0 Å². The largest absolute Gasteiger partial charge is 0.343 e. The number of benzene rings is 1. The zero-order valence-corrected chi connectivity index (χ0v) is 17.3. The minimum absolute atomic E-state index is 0.107. The fraction of sp³-hybridized carbons (Fsp3) is 0.650. The number of urea groups is 1. The second kappa shape index (κ2) is 12.8. The first-order chi connectivity index (χ1) is 14.5. The second-order valence-electron chi connectivity index (χ2n) is 7.41. The molecule has 1 rings (SSSR count). The van der Waals surface area contributed by atoms with Crippen LogP contribution in [-0.2, 0) is 0 Å². The highest BCUT2D eigenvalue weighted by Gasteiger charge is 2.31. The number of halogens is 5. The lowest BCUT2D eigenvalue weighted by atomic mass is 9.93. The summed E-state index contributed by atoms with van der Waals surface area (Å²) in [6.07, 6.45) is 6.44. The van der Waals surface area contributed by atoms with Crippen LogP contribution in [0, 0.1) is 35.0 Å². The van der Waals surface area contributed by atoms with Gasteiger partial charge in [-0.3, -0.25) is 0 Å². The molecular weight excluding hydrogens is 427 g/mol. The molecule has 1 aromatic carbocycles. The van der Waals surface area contributed by atoms with E-state index in [0.717, 1.165) is 32.1 Å². The minimum Gasteiger partial charge on any atom is -0.343 e. The Hall–Kier alpha value is -1.98. The molecule has 0 heterocycles. The molecule has 31 heavy (non-hydrogen) atoms. The van der Waals surface area contributed by atoms with E-state index in [0.29, 0.717) is 12.8 Å². The normalized spacial score (nSPS) is 12.7. The lowest BCUT2D eigenvalue weighted by Gasteiger charge is -2.26. The highest BCUT2D eigenvalue weighted by atomic mass is 19.2. The van der Waals surface area contributed by atoms with Gasteiger partial charge in [-0.2, -0.15) is 0 Å². The molecule has 0 saturated carbocycles. The van der Waals surface area contributed by atoms with Gasteiger partial charge in [0.2, 0.25) is 5.82 Å². The van der Waals surface area contributed by atoms with Gasteiger partial charge in [-0.25, -0.2) is 26.7 Å². The molecule has 0 saturated heterocycles. The molecule has 1 aromatic rings. The van der Waals surface area contributed by atoms with Crippen LogP contribution >= 0.6 is 0 Å². The molecule has 0 aliphatic heterocycles. The standard InChI is InChI=1S/C20H29F5N2O4/c1-2-3-4-5-6-7-9-12(20(29,30)31)10-8-11-26-19(28)27-18-16(24)14(22)13(21)15(23)17(18)25/h12,29-31H,2-11H2,1H3,(H2,26,27,28). The zero-order valence-electron chi connectivity index (χ0n) is 17.3. The summed E-state index contributed by atoms with van der Waals surface area (Å²) in [6.45, 7) is 1.98. The Bertz CT molecular complexity index is 699. The molecule has 0 fully saturated rings. The van der Waals surface area contributed by atoms with Crippen LogP contribution in [0.2, 0.25) is 0 Å². The van der Waals surface area contributed by atoms with Crippen LogP contribution in [0.4, 0.5) is 32.4 Å². The summed E-state index contributed by atoms with van der Waals surface area (Å²) in [5.41, 5.74) is -1.48. The first-order valence-corrected chi connectivity index (χ1v) is 10.2. The van der Waals surface area contributed by atoms with Crippen LogP contribution < -0.4 is 10.6 Å². The molecule has 178 valence electrons. The lowest BCUT2D eigenvalue weighted by Crippen LogP contribution is -2.38. The van der Waals surface area contributed by atoms with Crippen molar-refractivity contribution in [1.82, 2.24) is 5.32 Å². The maximum Gasteiger partial charge on any atom is 0.319 e. The maximum atomic E-state index is 13.6. The Morgan fingerprint density at radius 1 is 0.806 bits per heavy atom. The summed E-state index contributed by atoms with van der Waals surface area (Å²) in [5, 5.41) is 32.2. The van der Waals surface area contributed by atoms with E-state index in [1.165, 1.54) is 0 Å². The number of anilines is 1. The van der Waals surface area contributed by atoms with Gasteiger partial charge in [-0.05, 0) is 19.3 Å². The number of carbonyl (C=O) groups is 1. The van der Waals surface area contributed by atoms with E-state index in [1.54, 1.807) is 5.32 Å². The van der Waals surface area contributed by atoms with Crippen LogP contribution in [-0.4, -0.2) is 33.9 Å². The predicted octanol–water partition coefficient (Wildman–Crippen LogP) is 4.28. The fourth-order valence-corrected chi connectivity index (χ4v) is 3.13. The third-order valence-electron chi connectivity index (χ3n) is 4.92. The van der Waals surface area contributed by atoms with Crippen LogP contribution in [0.3, 0.4) is 0 Å². The zero-order chi connectivity index (χ0) is 23.6. The molecule has 1 unspecified atom stereocenters. The molecule has 0 aromatic heterocycles. The van der Waals surface area contributed by atoms with Gasteiger partial charge in [0.05, 0.1) is 0 Å². The van der Waals surface area contributed by atoms with E-state index in [1.807, 2.05) is 0 Å². The van der Waals surface area contributed by atoms with Gasteiger partial charge in [0.25, 0.3) is 5.97 Å². The molecule has 0 radical (unpaired) electrons. The molecule has 0 aliphatic carbocycles. The molecule has 0 aliphatic rings. The highest BCUT2D eigenvalue weighted by molar-refractivity contribution is 5.89. The lowest BCUT2D eigenvalue weighted by molar-refractivity contribution is -0.344. The number of amides is 2. The van der Waals surface area contributed by atoms with Crippen molar-refractivity contribution in [2.45, 2.75) is 70.7 Å². The van der Waals surface area contributed by atoms with Crippen LogP contribution in [0.25, 0.3) is 0 Å². The van der Waals surface area contributed by atoms with Crippen molar-refractivity contribution in [3.63, 3.8) is 0 Å². The number of aliphatic hydroxyl groups is 3. The van der Waals surface area contributed by atoms with Gasteiger partial charge >= 0.3 is 6.03 Å². The first kappa shape index (κ1) is 27.1. The Balaban J connectivity index is 2.48. The summed E-state index contributed by atoms with van der Waals surface area (Å²) >= 11 is 0. The molecule has 2 amide bonds. The van der Waals surface area contributed by atoms with Crippen LogP contribution in [0.5, 0.6) is 0 Å². The van der Waals surface area contributed by atoms with Crippen molar-refractivity contribution in [2.75, 3.05) is 11.9 Å². The summed E-state index contributed by atoms with van der Waals surface area (Å²) in [4.78, 5) is 11.7. The topological polar surface area (TPSA) is 102 Å². The maximum absolute atomic E-state index is 13.6. The number of nitrogens with one attached hydrogen (secondary N) is 2. The molecular formula is C20H29F5N2O4. The predicted molar refractivity (Wildman–Crippen MR) is 103 cm³/mol. The van der Waals surface area contributed by atoms with Crippen molar-refractivity contribution in [1.29, 1.82) is 0 Å². The summed E-state index contributed by atoms with van der Waals surface area (Å²) in [6, 6.07) is -1.21. The van der Waals surface area contributed by atoms with E-state index < -0.39 is 52.7 Å². The Morgan fingerprint density at radius 3 is 1.84 bits per heavy atom. The van der Waals surface area contributed by atoms with E-state index in [2.05, 4.69) is 12.2 Å². The second-order valence-corrected chi connectivity index (χ2v) is 7.41. The molecule has 6 nitrogen and oxygen atoms in total. The monoisotopic (exact) mass is 456 g/mol. The average Bonchev–Trinajstić information content (AvgIpc) is 2.71. The summed E-state index contributed by atoms with van der Waals surface area (Å²) in [7, 11) is 0.